The number of amides is 1. The molecule has 1 aliphatic heterocycles. The largest absolute Gasteiger partial charge is 0.494 e. The Morgan fingerprint density at radius 2 is 1.75 bits per heavy atom. The van der Waals surface area contributed by atoms with Gasteiger partial charge in [-0.15, -0.1) is 10.2 Å². The second-order valence-corrected chi connectivity index (χ2v) is 8.97. The number of carbonyl (C=O) groups excluding carboxylic acids is 1. The number of pyridine rings is 1. The highest BCUT2D eigenvalue weighted by Gasteiger charge is 2.29. The molecule has 0 N–H and O–H groups in total. The molecule has 0 radical (unpaired) electrons. The van der Waals surface area contributed by atoms with Gasteiger partial charge in [0.15, 0.2) is 11.0 Å². The van der Waals surface area contributed by atoms with Crippen LogP contribution in [-0.4, -0.2) is 55.0 Å². The van der Waals surface area contributed by atoms with E-state index in [0.717, 1.165) is 29.8 Å². The molecular formula is C24H29N5O2S. The fraction of sp³-hybridized carbons (Fsp3) is 0.417. The van der Waals surface area contributed by atoms with Gasteiger partial charge in [-0.25, -0.2) is 0 Å². The van der Waals surface area contributed by atoms with Gasteiger partial charge in [-0.2, -0.15) is 0 Å². The topological polar surface area (TPSA) is 73.1 Å². The molecule has 0 bridgehead atoms. The molecule has 2 aromatic heterocycles. The van der Waals surface area contributed by atoms with Crippen molar-refractivity contribution >= 4 is 17.7 Å². The first-order valence-corrected chi connectivity index (χ1v) is 12.1. The van der Waals surface area contributed by atoms with Crippen molar-refractivity contribution in [3.63, 3.8) is 0 Å². The Hall–Kier alpha value is -2.87. The van der Waals surface area contributed by atoms with E-state index in [1.54, 1.807) is 12.4 Å². The van der Waals surface area contributed by atoms with Crippen LogP contribution in [0.4, 0.5) is 0 Å². The van der Waals surface area contributed by atoms with Gasteiger partial charge in [-0.3, -0.25) is 14.3 Å². The van der Waals surface area contributed by atoms with Crippen LogP contribution < -0.4 is 4.74 Å². The number of thioether (sulfide) groups is 1. The molecule has 0 saturated carbocycles. The smallest absolute Gasteiger partial charge is 0.233 e. The van der Waals surface area contributed by atoms with Gasteiger partial charge in [0.1, 0.15) is 5.75 Å². The monoisotopic (exact) mass is 451 g/mol. The van der Waals surface area contributed by atoms with E-state index in [-0.39, 0.29) is 18.0 Å². The van der Waals surface area contributed by atoms with E-state index >= 15 is 0 Å². The summed E-state index contributed by atoms with van der Waals surface area (Å²) in [6.45, 7) is 6.86. The highest BCUT2D eigenvalue weighted by atomic mass is 32.2. The molecule has 168 valence electrons. The van der Waals surface area contributed by atoms with E-state index in [0.29, 0.717) is 23.3 Å². The fourth-order valence-electron chi connectivity index (χ4n) is 4.26. The van der Waals surface area contributed by atoms with E-state index in [9.17, 15) is 4.79 Å². The van der Waals surface area contributed by atoms with Gasteiger partial charge in [0.2, 0.25) is 5.91 Å². The number of piperidine rings is 1. The summed E-state index contributed by atoms with van der Waals surface area (Å²) < 4.78 is 7.58. The predicted molar refractivity (Wildman–Crippen MR) is 126 cm³/mol. The lowest BCUT2D eigenvalue weighted by atomic mass is 9.98. The third-order valence-corrected chi connectivity index (χ3v) is 6.70. The minimum absolute atomic E-state index is 0.154. The fourth-order valence-corrected chi connectivity index (χ4v) is 5.08. The Balaban J connectivity index is 1.62. The summed E-state index contributed by atoms with van der Waals surface area (Å²) in [6.07, 6.45) is 6.79. The number of nitrogens with zero attached hydrogens (tertiary/aromatic N) is 5. The lowest BCUT2D eigenvalue weighted by Gasteiger charge is -2.39. The average Bonchev–Trinajstić information content (AvgIpc) is 3.23. The Bertz CT molecular complexity index is 1030. The highest BCUT2D eigenvalue weighted by Crippen LogP contribution is 2.30. The predicted octanol–water partition coefficient (Wildman–Crippen LogP) is 4.61. The van der Waals surface area contributed by atoms with Gasteiger partial charge in [0.05, 0.1) is 12.4 Å². The highest BCUT2D eigenvalue weighted by molar-refractivity contribution is 7.99. The zero-order valence-electron chi connectivity index (χ0n) is 18.8. The molecule has 1 aliphatic rings. The SMILES string of the molecule is CCOc1ccc(-n2c(SCC(=O)N3C(C)CCCC3C)nnc2-c2ccncc2)cc1. The summed E-state index contributed by atoms with van der Waals surface area (Å²) in [5, 5.41) is 9.57. The van der Waals surface area contributed by atoms with Crippen molar-refractivity contribution in [3.05, 3.63) is 48.8 Å². The van der Waals surface area contributed by atoms with Gasteiger partial charge in [-0.05, 0) is 76.4 Å². The first kappa shape index (κ1) is 22.3. The number of aromatic nitrogens is 4. The van der Waals surface area contributed by atoms with Crippen LogP contribution in [0.3, 0.4) is 0 Å². The number of carbonyl (C=O) groups is 1. The molecule has 4 rings (SSSR count). The van der Waals surface area contributed by atoms with E-state index in [1.165, 1.54) is 18.2 Å². The molecule has 2 atom stereocenters. The minimum atomic E-state index is 0.154. The van der Waals surface area contributed by atoms with Crippen molar-refractivity contribution in [3.8, 4) is 22.8 Å². The first-order valence-electron chi connectivity index (χ1n) is 11.1. The first-order chi connectivity index (χ1) is 15.6. The maximum Gasteiger partial charge on any atom is 0.233 e. The zero-order valence-corrected chi connectivity index (χ0v) is 19.6. The van der Waals surface area contributed by atoms with Gasteiger partial charge in [-0.1, -0.05) is 11.8 Å². The quantitative estimate of drug-likeness (QED) is 0.489. The molecule has 1 saturated heterocycles. The van der Waals surface area contributed by atoms with Crippen LogP contribution >= 0.6 is 11.8 Å². The third-order valence-electron chi connectivity index (χ3n) is 5.78. The van der Waals surface area contributed by atoms with Crippen molar-refractivity contribution < 1.29 is 9.53 Å². The van der Waals surface area contributed by atoms with Crippen LogP contribution in [0.1, 0.15) is 40.0 Å². The second-order valence-electron chi connectivity index (χ2n) is 8.02. The standard InChI is InChI=1S/C24H29N5O2S/c1-4-31-21-10-8-20(9-11-21)29-23(19-12-14-25-15-13-19)26-27-24(29)32-16-22(30)28-17(2)6-5-7-18(28)3/h8-15,17-18H,4-7,16H2,1-3H3. The molecule has 7 nitrogen and oxygen atoms in total. The van der Waals surface area contributed by atoms with Gasteiger partial charge in [0.25, 0.3) is 0 Å². The summed E-state index contributed by atoms with van der Waals surface area (Å²) in [7, 11) is 0. The van der Waals surface area contributed by atoms with Crippen LogP contribution in [0, 0.1) is 0 Å². The molecular weight excluding hydrogens is 422 g/mol. The minimum Gasteiger partial charge on any atom is -0.494 e. The van der Waals surface area contributed by atoms with Crippen LogP contribution in [0.2, 0.25) is 0 Å². The lowest BCUT2D eigenvalue weighted by Crippen LogP contribution is -2.48. The molecule has 0 spiro atoms. The van der Waals surface area contributed by atoms with Crippen molar-refractivity contribution in [1.29, 1.82) is 0 Å². The van der Waals surface area contributed by atoms with Crippen molar-refractivity contribution in [2.75, 3.05) is 12.4 Å². The van der Waals surface area contributed by atoms with Crippen molar-refractivity contribution in [1.82, 2.24) is 24.6 Å². The van der Waals surface area contributed by atoms with E-state index in [1.807, 2.05) is 52.8 Å². The number of hydrogen-bond acceptors (Lipinski definition) is 6. The molecule has 3 aromatic rings. The van der Waals surface area contributed by atoms with E-state index < -0.39 is 0 Å². The molecule has 1 fully saturated rings. The number of benzene rings is 1. The van der Waals surface area contributed by atoms with Crippen LogP contribution in [0.15, 0.2) is 53.9 Å². The van der Waals surface area contributed by atoms with E-state index in [4.69, 9.17) is 4.74 Å². The Morgan fingerprint density at radius 3 is 2.41 bits per heavy atom. The molecule has 2 unspecified atom stereocenters. The number of hydrogen-bond donors (Lipinski definition) is 0. The lowest BCUT2D eigenvalue weighted by molar-refractivity contribution is -0.134. The number of likely N-dealkylation sites (tertiary alicyclic amines) is 1. The summed E-state index contributed by atoms with van der Waals surface area (Å²) >= 11 is 1.43. The van der Waals surface area contributed by atoms with Crippen LogP contribution in [0.5, 0.6) is 5.75 Å². The molecule has 1 amide bonds. The summed E-state index contributed by atoms with van der Waals surface area (Å²) in [5.74, 6) is 2.01. The Labute approximate surface area is 193 Å². The molecule has 1 aromatic carbocycles. The number of rotatable bonds is 7. The van der Waals surface area contributed by atoms with Crippen LogP contribution in [0.25, 0.3) is 17.1 Å². The molecule has 8 heteroatoms. The van der Waals surface area contributed by atoms with Crippen molar-refractivity contribution in [2.24, 2.45) is 0 Å². The maximum atomic E-state index is 13.1. The summed E-state index contributed by atoms with van der Waals surface area (Å²) in [5.41, 5.74) is 1.83. The van der Waals surface area contributed by atoms with Gasteiger partial charge in [0, 0.05) is 35.7 Å². The molecule has 3 heterocycles. The maximum absolute atomic E-state index is 13.1. The Kier molecular flexibility index (Phi) is 7.09. The summed E-state index contributed by atoms with van der Waals surface area (Å²) in [4.78, 5) is 19.2. The molecule has 32 heavy (non-hydrogen) atoms. The zero-order chi connectivity index (χ0) is 22.5. The molecule has 0 aliphatic carbocycles. The van der Waals surface area contributed by atoms with E-state index in [2.05, 4.69) is 29.0 Å². The van der Waals surface area contributed by atoms with Crippen LogP contribution in [-0.2, 0) is 4.79 Å². The number of ether oxygens (including phenoxy) is 1. The Morgan fingerprint density at radius 1 is 1.06 bits per heavy atom. The van der Waals surface area contributed by atoms with Gasteiger partial charge >= 0.3 is 0 Å². The third kappa shape index (κ3) is 4.80. The van der Waals surface area contributed by atoms with Crippen molar-refractivity contribution in [2.45, 2.75) is 57.3 Å². The van der Waals surface area contributed by atoms with Gasteiger partial charge < -0.3 is 9.64 Å². The normalized spacial score (nSPS) is 18.5. The summed E-state index contributed by atoms with van der Waals surface area (Å²) in [6, 6.07) is 12.2. The average molecular weight is 452 g/mol. The second kappa shape index (κ2) is 10.2.